The van der Waals surface area contributed by atoms with Crippen molar-refractivity contribution in [1.29, 1.82) is 0 Å². The van der Waals surface area contributed by atoms with Crippen molar-refractivity contribution in [2.75, 3.05) is 0 Å². The van der Waals surface area contributed by atoms with Gasteiger partial charge < -0.3 is 10.2 Å². The zero-order chi connectivity index (χ0) is 17.0. The molecule has 1 aliphatic heterocycles. The van der Waals surface area contributed by atoms with Gasteiger partial charge in [0.2, 0.25) is 7.29 Å². The highest BCUT2D eigenvalue weighted by Crippen LogP contribution is 2.52. The van der Waals surface area contributed by atoms with Crippen LogP contribution in [0.15, 0.2) is 84.6 Å². The Morgan fingerprint density at radius 3 is 1.79 bits per heavy atom. The monoisotopic (exact) mass is 338 g/mol. The summed E-state index contributed by atoms with van der Waals surface area (Å²) < 4.78 is 19.3. The van der Waals surface area contributed by atoms with Crippen LogP contribution < -0.4 is 10.6 Å². The predicted octanol–water partition coefficient (Wildman–Crippen LogP) is 4.92. The van der Waals surface area contributed by atoms with Gasteiger partial charge in [-0.3, -0.25) is 4.57 Å². The van der Waals surface area contributed by atoms with Crippen LogP contribution in [-0.4, -0.2) is 0 Å². The third-order valence-corrected chi connectivity index (χ3v) is 5.10. The fraction of sp³-hybridized carbons (Fsp3) is 0.0526. The molecule has 0 saturated carbocycles. The van der Waals surface area contributed by atoms with Gasteiger partial charge in [-0.2, -0.15) is 5.20 Å². The lowest BCUT2D eigenvalue weighted by atomic mass is 10.2. The highest BCUT2D eigenvalue weighted by molar-refractivity contribution is 7.68. The van der Waals surface area contributed by atoms with Crippen molar-refractivity contribution in [1.82, 2.24) is 10.6 Å². The molecule has 4 nitrogen and oxygen atoms in total. The fourth-order valence-electron chi connectivity index (χ4n) is 2.28. The third-order valence-electron chi connectivity index (χ3n) is 3.40. The maximum atomic E-state index is 13.3. The van der Waals surface area contributed by atoms with Gasteiger partial charge in [0.15, 0.2) is 0 Å². The molecule has 24 heavy (non-hydrogen) atoms. The average molecular weight is 338 g/mol. The summed E-state index contributed by atoms with van der Waals surface area (Å²) in [4.78, 5) is 0. The molecule has 0 radical (unpaired) electrons. The van der Waals surface area contributed by atoms with Gasteiger partial charge in [-0.1, -0.05) is 67.2 Å². The second-order valence-electron chi connectivity index (χ2n) is 5.55. The van der Waals surface area contributed by atoms with Crippen molar-refractivity contribution >= 4 is 18.8 Å². The zero-order valence-corrected chi connectivity index (χ0v) is 14.3. The van der Waals surface area contributed by atoms with Crippen LogP contribution >= 0.6 is 7.29 Å². The fourth-order valence-corrected chi connectivity index (χ4v) is 3.95. The van der Waals surface area contributed by atoms with Crippen LogP contribution in [0.3, 0.4) is 0 Å². The molecule has 0 unspecified atom stereocenters. The van der Waals surface area contributed by atoms with E-state index in [4.69, 9.17) is 4.74 Å². The van der Waals surface area contributed by atoms with Crippen molar-refractivity contribution in [3.63, 3.8) is 0 Å². The lowest BCUT2D eigenvalue weighted by molar-refractivity contribution is 0.468. The SMILES string of the molecule is C=C(C)NNP1(=O)C=C(c2ccccc2)OC(c2ccccc2)=C1. The van der Waals surface area contributed by atoms with E-state index in [0.717, 1.165) is 11.1 Å². The molecule has 1 aliphatic rings. The Balaban J connectivity index is 2.01. The Bertz CT molecular complexity index is 783. The number of benzene rings is 2. The van der Waals surface area contributed by atoms with Crippen molar-refractivity contribution in [3.8, 4) is 0 Å². The summed E-state index contributed by atoms with van der Waals surface area (Å²) in [7, 11) is -2.98. The summed E-state index contributed by atoms with van der Waals surface area (Å²) in [6.45, 7) is 5.55. The van der Waals surface area contributed by atoms with E-state index < -0.39 is 7.29 Å². The summed E-state index contributed by atoms with van der Waals surface area (Å²) in [5, 5.41) is 2.87. The molecule has 2 aromatic rings. The van der Waals surface area contributed by atoms with Crippen LogP contribution in [0, 0.1) is 0 Å². The Morgan fingerprint density at radius 1 is 0.917 bits per heavy atom. The maximum absolute atomic E-state index is 13.3. The summed E-state index contributed by atoms with van der Waals surface area (Å²) >= 11 is 0. The van der Waals surface area contributed by atoms with Gasteiger partial charge in [-0.25, -0.2) is 0 Å². The number of allylic oxidation sites excluding steroid dienone is 1. The minimum atomic E-state index is -2.98. The number of hydrazine groups is 1. The van der Waals surface area contributed by atoms with Gasteiger partial charge in [-0.15, -0.1) is 0 Å². The van der Waals surface area contributed by atoms with Crippen LogP contribution in [0.1, 0.15) is 18.1 Å². The molecule has 0 spiro atoms. The number of rotatable bonds is 5. The molecule has 2 N–H and O–H groups in total. The smallest absolute Gasteiger partial charge is 0.214 e. The van der Waals surface area contributed by atoms with Gasteiger partial charge in [-0.05, 0) is 6.92 Å². The first-order chi connectivity index (χ1) is 11.6. The largest absolute Gasteiger partial charge is 0.456 e. The predicted molar refractivity (Wildman–Crippen MR) is 98.6 cm³/mol. The van der Waals surface area contributed by atoms with Crippen LogP contribution in [0.2, 0.25) is 0 Å². The first-order valence-corrected chi connectivity index (χ1v) is 9.43. The molecule has 1 heterocycles. The second-order valence-corrected chi connectivity index (χ2v) is 7.71. The van der Waals surface area contributed by atoms with E-state index in [-0.39, 0.29) is 0 Å². The Hall–Kier alpha value is -2.55. The van der Waals surface area contributed by atoms with Crippen molar-refractivity contribution < 1.29 is 9.30 Å². The van der Waals surface area contributed by atoms with Gasteiger partial charge >= 0.3 is 0 Å². The topological polar surface area (TPSA) is 50.4 Å². The normalized spacial score (nSPS) is 15.7. The first-order valence-electron chi connectivity index (χ1n) is 7.58. The van der Waals surface area contributed by atoms with E-state index in [2.05, 4.69) is 17.2 Å². The molecular formula is C19H19N2O2P. The Labute approximate surface area is 141 Å². The standard InChI is InChI=1S/C19H19N2O2P/c1-15(2)20-21-24(22)13-18(16-9-5-3-6-10-16)23-19(14-24)17-11-7-4-8-12-17/h3-14,20H,1H2,2H3,(H,21,22). The molecule has 0 atom stereocenters. The molecule has 0 aromatic heterocycles. The summed E-state index contributed by atoms with van der Waals surface area (Å²) in [5.41, 5.74) is 5.27. The summed E-state index contributed by atoms with van der Waals surface area (Å²) in [5.74, 6) is 4.39. The van der Waals surface area contributed by atoms with E-state index in [1.54, 1.807) is 18.6 Å². The lowest BCUT2D eigenvalue weighted by Gasteiger charge is -2.23. The van der Waals surface area contributed by atoms with E-state index in [0.29, 0.717) is 17.2 Å². The highest BCUT2D eigenvalue weighted by atomic mass is 31.2. The molecule has 5 heteroatoms. The van der Waals surface area contributed by atoms with Gasteiger partial charge in [0.05, 0.1) is 0 Å². The van der Waals surface area contributed by atoms with Crippen molar-refractivity contribution in [2.45, 2.75) is 6.92 Å². The Morgan fingerprint density at radius 2 is 1.38 bits per heavy atom. The highest BCUT2D eigenvalue weighted by Gasteiger charge is 2.26. The lowest BCUT2D eigenvalue weighted by Crippen LogP contribution is -2.26. The molecule has 2 aromatic carbocycles. The minimum absolute atomic E-state index is 0.566. The van der Waals surface area contributed by atoms with Gasteiger partial charge in [0.25, 0.3) is 0 Å². The van der Waals surface area contributed by atoms with Gasteiger partial charge in [0, 0.05) is 28.5 Å². The maximum Gasteiger partial charge on any atom is 0.214 e. The molecule has 0 saturated heterocycles. The van der Waals surface area contributed by atoms with E-state index in [9.17, 15) is 4.57 Å². The van der Waals surface area contributed by atoms with Crippen molar-refractivity contribution in [3.05, 3.63) is 95.7 Å². The van der Waals surface area contributed by atoms with Gasteiger partial charge in [0.1, 0.15) is 11.5 Å². The zero-order valence-electron chi connectivity index (χ0n) is 13.4. The molecular weight excluding hydrogens is 319 g/mol. The molecule has 0 fully saturated rings. The van der Waals surface area contributed by atoms with Crippen LogP contribution in [0.25, 0.3) is 11.5 Å². The molecule has 0 bridgehead atoms. The Kier molecular flexibility index (Phi) is 4.70. The van der Waals surface area contributed by atoms with E-state index in [1.807, 2.05) is 60.7 Å². The number of ether oxygens (including phenoxy) is 1. The number of nitrogens with one attached hydrogen (secondary N) is 2. The van der Waals surface area contributed by atoms with E-state index >= 15 is 0 Å². The molecule has 0 aliphatic carbocycles. The van der Waals surface area contributed by atoms with Crippen LogP contribution in [-0.2, 0) is 9.30 Å². The summed E-state index contributed by atoms with van der Waals surface area (Å²) in [6, 6.07) is 19.3. The van der Waals surface area contributed by atoms with Crippen LogP contribution in [0.5, 0.6) is 0 Å². The molecule has 122 valence electrons. The number of hydrogen-bond acceptors (Lipinski definition) is 3. The second kappa shape index (κ2) is 6.91. The number of hydrogen-bond donors (Lipinski definition) is 2. The summed E-state index contributed by atoms with van der Waals surface area (Å²) in [6.07, 6.45) is 0. The van der Waals surface area contributed by atoms with E-state index in [1.165, 1.54) is 0 Å². The third kappa shape index (κ3) is 3.85. The van der Waals surface area contributed by atoms with Crippen molar-refractivity contribution in [2.24, 2.45) is 0 Å². The molecule has 0 amide bonds. The minimum Gasteiger partial charge on any atom is -0.456 e. The quantitative estimate of drug-likeness (QED) is 0.600. The first kappa shape index (κ1) is 16.3. The van der Waals surface area contributed by atoms with Crippen LogP contribution in [0.4, 0.5) is 0 Å². The average Bonchev–Trinajstić information content (AvgIpc) is 2.61. The molecule has 3 rings (SSSR count).